The summed E-state index contributed by atoms with van der Waals surface area (Å²) in [5.41, 5.74) is 0.292. The van der Waals surface area contributed by atoms with E-state index in [1.54, 1.807) is 0 Å². The number of aromatic nitrogens is 2. The quantitative estimate of drug-likeness (QED) is 0.916. The Kier molecular flexibility index (Phi) is 4.53. The van der Waals surface area contributed by atoms with Gasteiger partial charge in [-0.05, 0) is 31.6 Å². The van der Waals surface area contributed by atoms with Gasteiger partial charge in [-0.2, -0.15) is 0 Å². The summed E-state index contributed by atoms with van der Waals surface area (Å²) in [5.74, 6) is 0.647. The van der Waals surface area contributed by atoms with Gasteiger partial charge in [0.2, 0.25) is 0 Å². The molecule has 1 fully saturated rings. The monoisotopic (exact) mass is 267 g/mol. The lowest BCUT2D eigenvalue weighted by Crippen LogP contribution is -2.38. The van der Waals surface area contributed by atoms with E-state index < -0.39 is 0 Å². The van der Waals surface area contributed by atoms with E-state index in [-0.39, 0.29) is 17.1 Å². The topological polar surface area (TPSA) is 54.9 Å². The third kappa shape index (κ3) is 3.42. The number of amides is 1. The van der Waals surface area contributed by atoms with Gasteiger partial charge in [0, 0.05) is 6.04 Å². The molecular weight excluding hydrogens is 250 g/mol. The number of hydrogen-bond acceptors (Lipinski definition) is 3. The molecule has 0 bridgehead atoms. The van der Waals surface area contributed by atoms with Crippen LogP contribution in [-0.2, 0) is 0 Å². The molecule has 0 aliphatic heterocycles. The highest BCUT2D eigenvalue weighted by atomic mass is 35.5. The zero-order valence-electron chi connectivity index (χ0n) is 10.5. The molecule has 0 radical (unpaired) electrons. The van der Waals surface area contributed by atoms with Crippen LogP contribution in [0, 0.1) is 5.92 Å². The Morgan fingerprint density at radius 2 is 2.11 bits per heavy atom. The van der Waals surface area contributed by atoms with Gasteiger partial charge in [-0.1, -0.05) is 24.9 Å². The molecule has 1 aliphatic carbocycles. The molecule has 0 aromatic carbocycles. The lowest BCUT2D eigenvalue weighted by atomic mass is 9.84. The fourth-order valence-corrected chi connectivity index (χ4v) is 2.57. The van der Waals surface area contributed by atoms with Crippen molar-refractivity contribution >= 4 is 17.5 Å². The Morgan fingerprint density at radius 3 is 2.72 bits per heavy atom. The Balaban J connectivity index is 1.89. The molecule has 0 saturated heterocycles. The van der Waals surface area contributed by atoms with Gasteiger partial charge in [0.05, 0.1) is 12.4 Å². The Morgan fingerprint density at radius 1 is 1.39 bits per heavy atom. The molecule has 1 heterocycles. The van der Waals surface area contributed by atoms with Crippen LogP contribution >= 0.6 is 11.6 Å². The molecule has 1 aliphatic rings. The number of halogens is 1. The van der Waals surface area contributed by atoms with E-state index in [9.17, 15) is 4.79 Å². The maximum atomic E-state index is 11.9. The summed E-state index contributed by atoms with van der Waals surface area (Å²) in [5, 5.41) is 3.25. The molecule has 0 unspecified atom stereocenters. The van der Waals surface area contributed by atoms with Crippen LogP contribution in [0.1, 0.15) is 49.5 Å². The van der Waals surface area contributed by atoms with Gasteiger partial charge in [0.25, 0.3) is 5.91 Å². The third-order valence-electron chi connectivity index (χ3n) is 3.60. The van der Waals surface area contributed by atoms with Crippen molar-refractivity contribution in [3.8, 4) is 0 Å². The molecule has 2 rings (SSSR count). The van der Waals surface area contributed by atoms with Crippen LogP contribution in [-0.4, -0.2) is 21.9 Å². The summed E-state index contributed by atoms with van der Waals surface area (Å²) in [6.45, 7) is 2.23. The smallest absolute Gasteiger partial charge is 0.271 e. The van der Waals surface area contributed by atoms with Crippen molar-refractivity contribution in [2.24, 2.45) is 5.92 Å². The van der Waals surface area contributed by atoms with E-state index >= 15 is 0 Å². The standard InChI is InChI=1S/C13H18ClN3O/c1-2-9-3-5-10(6-4-9)16-13(18)11-7-15-8-12(14)17-11/h7-10H,2-6H2,1H3,(H,16,18). The molecule has 1 aromatic rings. The summed E-state index contributed by atoms with van der Waals surface area (Å²) in [6, 6.07) is 0.265. The second-order valence-corrected chi connectivity index (χ2v) is 5.21. The molecule has 0 atom stereocenters. The van der Waals surface area contributed by atoms with Gasteiger partial charge in [0.15, 0.2) is 0 Å². The summed E-state index contributed by atoms with van der Waals surface area (Å²) >= 11 is 5.72. The van der Waals surface area contributed by atoms with Crippen molar-refractivity contribution < 1.29 is 4.79 Å². The van der Waals surface area contributed by atoms with Crippen LogP contribution in [0.15, 0.2) is 12.4 Å². The first kappa shape index (κ1) is 13.3. The fourth-order valence-electron chi connectivity index (χ4n) is 2.43. The second kappa shape index (κ2) is 6.14. The minimum atomic E-state index is -0.176. The summed E-state index contributed by atoms with van der Waals surface area (Å²) in [4.78, 5) is 19.8. The summed E-state index contributed by atoms with van der Waals surface area (Å²) in [7, 11) is 0. The number of rotatable bonds is 3. The van der Waals surface area contributed by atoms with E-state index in [4.69, 9.17) is 11.6 Å². The van der Waals surface area contributed by atoms with E-state index in [0.717, 1.165) is 18.8 Å². The predicted octanol–water partition coefficient (Wildman–Crippen LogP) is 2.83. The highest BCUT2D eigenvalue weighted by Crippen LogP contribution is 2.26. The first-order valence-corrected chi connectivity index (χ1v) is 6.85. The van der Waals surface area contributed by atoms with Crippen molar-refractivity contribution in [2.75, 3.05) is 0 Å². The molecule has 5 heteroatoms. The van der Waals surface area contributed by atoms with Crippen molar-refractivity contribution in [3.63, 3.8) is 0 Å². The van der Waals surface area contributed by atoms with Gasteiger partial charge < -0.3 is 5.32 Å². The first-order valence-electron chi connectivity index (χ1n) is 6.47. The van der Waals surface area contributed by atoms with Crippen LogP contribution in [0.3, 0.4) is 0 Å². The second-order valence-electron chi connectivity index (χ2n) is 4.83. The van der Waals surface area contributed by atoms with Crippen LogP contribution < -0.4 is 5.32 Å². The maximum absolute atomic E-state index is 11.9. The number of nitrogens with one attached hydrogen (secondary N) is 1. The van der Waals surface area contributed by atoms with Crippen molar-refractivity contribution in [1.29, 1.82) is 0 Å². The largest absolute Gasteiger partial charge is 0.348 e. The molecular formula is C13H18ClN3O. The van der Waals surface area contributed by atoms with E-state index in [0.29, 0.717) is 5.69 Å². The minimum Gasteiger partial charge on any atom is -0.348 e. The lowest BCUT2D eigenvalue weighted by molar-refractivity contribution is 0.0916. The third-order valence-corrected chi connectivity index (χ3v) is 3.78. The normalized spacial score (nSPS) is 23.7. The first-order chi connectivity index (χ1) is 8.69. The lowest BCUT2D eigenvalue weighted by Gasteiger charge is -2.28. The molecule has 1 N–H and O–H groups in total. The number of hydrogen-bond donors (Lipinski definition) is 1. The van der Waals surface area contributed by atoms with Crippen LogP contribution in [0.5, 0.6) is 0 Å². The van der Waals surface area contributed by atoms with E-state index in [1.165, 1.54) is 31.7 Å². The Hall–Kier alpha value is -1.16. The van der Waals surface area contributed by atoms with Crippen molar-refractivity contribution in [2.45, 2.75) is 45.1 Å². The summed E-state index contributed by atoms with van der Waals surface area (Å²) < 4.78 is 0. The van der Waals surface area contributed by atoms with Crippen molar-refractivity contribution in [3.05, 3.63) is 23.2 Å². The highest BCUT2D eigenvalue weighted by molar-refractivity contribution is 6.29. The number of nitrogens with zero attached hydrogens (tertiary/aromatic N) is 2. The van der Waals surface area contributed by atoms with Crippen LogP contribution in [0.25, 0.3) is 0 Å². The Bertz CT molecular complexity index is 416. The average Bonchev–Trinajstić information content (AvgIpc) is 2.39. The highest BCUT2D eigenvalue weighted by Gasteiger charge is 2.22. The van der Waals surface area contributed by atoms with Gasteiger partial charge in [0.1, 0.15) is 10.8 Å². The maximum Gasteiger partial charge on any atom is 0.271 e. The zero-order chi connectivity index (χ0) is 13.0. The van der Waals surface area contributed by atoms with Gasteiger partial charge in [-0.3, -0.25) is 9.78 Å². The average molecular weight is 268 g/mol. The predicted molar refractivity (Wildman–Crippen MR) is 70.5 cm³/mol. The molecule has 1 saturated carbocycles. The molecule has 18 heavy (non-hydrogen) atoms. The van der Waals surface area contributed by atoms with Gasteiger partial charge in [-0.25, -0.2) is 4.98 Å². The van der Waals surface area contributed by atoms with Crippen molar-refractivity contribution in [1.82, 2.24) is 15.3 Å². The molecule has 0 spiro atoms. The van der Waals surface area contributed by atoms with E-state index in [1.807, 2.05) is 0 Å². The molecule has 4 nitrogen and oxygen atoms in total. The Labute approximate surface area is 112 Å². The number of carbonyl (C=O) groups is 1. The van der Waals surface area contributed by atoms with E-state index in [2.05, 4.69) is 22.2 Å². The minimum absolute atomic E-state index is 0.176. The van der Waals surface area contributed by atoms with Crippen LogP contribution in [0.2, 0.25) is 5.15 Å². The van der Waals surface area contributed by atoms with Crippen LogP contribution in [0.4, 0.5) is 0 Å². The van der Waals surface area contributed by atoms with Gasteiger partial charge in [-0.15, -0.1) is 0 Å². The SMILES string of the molecule is CCC1CCC(NC(=O)c2cncc(Cl)n2)CC1. The van der Waals surface area contributed by atoms with Gasteiger partial charge >= 0.3 is 0 Å². The molecule has 1 amide bonds. The molecule has 1 aromatic heterocycles. The molecule has 98 valence electrons. The fraction of sp³-hybridized carbons (Fsp3) is 0.615. The number of carbonyl (C=O) groups excluding carboxylic acids is 1. The zero-order valence-corrected chi connectivity index (χ0v) is 11.3. The summed E-state index contributed by atoms with van der Waals surface area (Å²) in [6.07, 6.45) is 8.60.